The summed E-state index contributed by atoms with van der Waals surface area (Å²) in [5.41, 5.74) is 9.49. The Hall–Kier alpha value is -6.45. The lowest BCUT2D eigenvalue weighted by Crippen LogP contribution is -1.97. The minimum absolute atomic E-state index is 0.704. The molecule has 0 bridgehead atoms. The Bertz CT molecular complexity index is 2620. The predicted molar refractivity (Wildman–Crippen MR) is 200 cm³/mol. The first-order valence-corrected chi connectivity index (χ1v) is 16.2. The van der Waals surface area contributed by atoms with Crippen LogP contribution >= 0.6 is 0 Å². The molecule has 9 rings (SSSR count). The van der Waals surface area contributed by atoms with Crippen molar-refractivity contribution < 1.29 is 0 Å². The topological polar surface area (TPSA) is 38.7 Å². The Kier molecular flexibility index (Phi) is 6.80. The van der Waals surface area contributed by atoms with Gasteiger partial charge in [-0.3, -0.25) is 4.98 Å². The van der Waals surface area contributed by atoms with Crippen LogP contribution in [0.25, 0.3) is 88.3 Å². The summed E-state index contributed by atoms with van der Waals surface area (Å²) in [5.74, 6) is 0.704. The van der Waals surface area contributed by atoms with E-state index in [0.29, 0.717) is 5.82 Å². The molecule has 48 heavy (non-hydrogen) atoms. The van der Waals surface area contributed by atoms with Gasteiger partial charge in [-0.15, -0.1) is 0 Å². The van der Waals surface area contributed by atoms with Gasteiger partial charge in [0.2, 0.25) is 0 Å². The number of fused-ring (bicyclic) bond motifs is 4. The Labute approximate surface area is 278 Å². The first kappa shape index (κ1) is 27.8. The number of nitrogens with zero attached hydrogens (tertiary/aromatic N) is 3. The molecule has 0 saturated carbocycles. The molecule has 2 heterocycles. The van der Waals surface area contributed by atoms with Crippen molar-refractivity contribution in [3.63, 3.8) is 0 Å². The first-order chi connectivity index (χ1) is 23.8. The minimum atomic E-state index is 0.704. The highest BCUT2D eigenvalue weighted by molar-refractivity contribution is 6.14. The van der Waals surface area contributed by atoms with Crippen LogP contribution in [-0.2, 0) is 0 Å². The van der Waals surface area contributed by atoms with Gasteiger partial charge in [0.15, 0.2) is 5.82 Å². The molecule has 0 unspecified atom stereocenters. The fourth-order valence-electron chi connectivity index (χ4n) is 6.89. The SMILES string of the molecule is c1cncc(-c2cccc(-c3cnc(-c4cccc5ccccc45)nc3-c3cccc(-c4cc5ccccc5c5ccccc45)c3)c2)c1. The highest BCUT2D eigenvalue weighted by Crippen LogP contribution is 2.39. The van der Waals surface area contributed by atoms with E-state index in [2.05, 4.69) is 157 Å². The predicted octanol–water partition coefficient (Wildman–Crippen LogP) is 11.7. The standard InChI is InChI=1S/C45H29N3/c1-3-19-37-30(11-1)13-9-23-41(37)45-47-29-43(33-16-7-14-31(25-33)36-18-10-24-46-28-36)44(48-45)35-17-8-15-32(26-35)42-27-34-12-2-4-20-38(34)39-21-5-6-22-40(39)42/h1-29H. The highest BCUT2D eigenvalue weighted by atomic mass is 14.9. The van der Waals surface area contributed by atoms with Crippen LogP contribution in [0.15, 0.2) is 176 Å². The van der Waals surface area contributed by atoms with Gasteiger partial charge in [0, 0.05) is 40.8 Å². The third-order valence-corrected chi connectivity index (χ3v) is 9.20. The quantitative estimate of drug-likeness (QED) is 0.182. The van der Waals surface area contributed by atoms with Gasteiger partial charge in [-0.05, 0) is 78.8 Å². The van der Waals surface area contributed by atoms with E-state index in [1.54, 1.807) is 6.20 Å². The lowest BCUT2D eigenvalue weighted by Gasteiger charge is -2.15. The van der Waals surface area contributed by atoms with Crippen molar-refractivity contribution in [2.24, 2.45) is 0 Å². The molecule has 0 atom stereocenters. The Morgan fingerprint density at radius 3 is 1.81 bits per heavy atom. The van der Waals surface area contributed by atoms with Gasteiger partial charge in [0.05, 0.1) is 5.69 Å². The molecule has 0 aliphatic rings. The lowest BCUT2D eigenvalue weighted by molar-refractivity contribution is 1.19. The van der Waals surface area contributed by atoms with E-state index in [-0.39, 0.29) is 0 Å². The third-order valence-electron chi connectivity index (χ3n) is 9.20. The molecule has 2 aromatic heterocycles. The van der Waals surface area contributed by atoms with Gasteiger partial charge in [0.25, 0.3) is 0 Å². The van der Waals surface area contributed by atoms with Crippen LogP contribution in [0.4, 0.5) is 0 Å². The monoisotopic (exact) mass is 611 g/mol. The van der Waals surface area contributed by atoms with E-state index in [1.165, 1.54) is 32.5 Å². The summed E-state index contributed by atoms with van der Waals surface area (Å²) in [7, 11) is 0. The molecule has 3 heteroatoms. The summed E-state index contributed by atoms with van der Waals surface area (Å²) in [4.78, 5) is 14.7. The normalized spacial score (nSPS) is 11.3. The molecule has 9 aromatic rings. The molecule has 0 radical (unpaired) electrons. The van der Waals surface area contributed by atoms with E-state index in [4.69, 9.17) is 9.97 Å². The van der Waals surface area contributed by atoms with E-state index >= 15 is 0 Å². The smallest absolute Gasteiger partial charge is 0.160 e. The number of benzene rings is 7. The molecule has 0 N–H and O–H groups in total. The molecule has 0 fully saturated rings. The average Bonchev–Trinajstić information content (AvgIpc) is 3.17. The number of pyridine rings is 1. The van der Waals surface area contributed by atoms with Crippen LogP contribution in [0.5, 0.6) is 0 Å². The van der Waals surface area contributed by atoms with E-state index in [1.807, 2.05) is 18.5 Å². The van der Waals surface area contributed by atoms with Crippen molar-refractivity contribution >= 4 is 32.3 Å². The number of aromatic nitrogens is 3. The Morgan fingerprint density at radius 1 is 0.354 bits per heavy atom. The second kappa shape index (κ2) is 11.7. The van der Waals surface area contributed by atoms with Crippen LogP contribution in [0.2, 0.25) is 0 Å². The fourth-order valence-corrected chi connectivity index (χ4v) is 6.89. The molecule has 0 saturated heterocycles. The van der Waals surface area contributed by atoms with Gasteiger partial charge in [-0.2, -0.15) is 0 Å². The van der Waals surface area contributed by atoms with Gasteiger partial charge in [0.1, 0.15) is 0 Å². The summed E-state index contributed by atoms with van der Waals surface area (Å²) in [6.07, 6.45) is 5.69. The van der Waals surface area contributed by atoms with E-state index in [0.717, 1.165) is 50.0 Å². The van der Waals surface area contributed by atoms with Crippen molar-refractivity contribution in [1.82, 2.24) is 15.0 Å². The van der Waals surface area contributed by atoms with Gasteiger partial charge in [-0.1, -0.05) is 133 Å². The molecule has 0 aliphatic heterocycles. The second-order valence-corrected chi connectivity index (χ2v) is 12.1. The Morgan fingerprint density at radius 2 is 0.979 bits per heavy atom. The zero-order chi connectivity index (χ0) is 31.9. The van der Waals surface area contributed by atoms with Gasteiger partial charge in [-0.25, -0.2) is 9.97 Å². The fraction of sp³-hybridized carbons (Fsp3) is 0. The summed E-state index contributed by atoms with van der Waals surface area (Å²) < 4.78 is 0. The number of rotatable bonds is 5. The van der Waals surface area contributed by atoms with Crippen LogP contribution < -0.4 is 0 Å². The first-order valence-electron chi connectivity index (χ1n) is 16.2. The van der Waals surface area contributed by atoms with Crippen LogP contribution in [0.1, 0.15) is 0 Å². The summed E-state index contributed by atoms with van der Waals surface area (Å²) >= 11 is 0. The van der Waals surface area contributed by atoms with Crippen LogP contribution in [-0.4, -0.2) is 15.0 Å². The number of hydrogen-bond donors (Lipinski definition) is 0. The largest absolute Gasteiger partial charge is 0.264 e. The molecule has 0 amide bonds. The third kappa shape index (κ3) is 4.90. The summed E-state index contributed by atoms with van der Waals surface area (Å²) in [6, 6.07) is 55.8. The highest BCUT2D eigenvalue weighted by Gasteiger charge is 2.17. The van der Waals surface area contributed by atoms with E-state index < -0.39 is 0 Å². The molecule has 224 valence electrons. The summed E-state index contributed by atoms with van der Waals surface area (Å²) in [5, 5.41) is 7.28. The molecule has 7 aromatic carbocycles. The van der Waals surface area contributed by atoms with Crippen LogP contribution in [0, 0.1) is 0 Å². The van der Waals surface area contributed by atoms with Crippen LogP contribution in [0.3, 0.4) is 0 Å². The summed E-state index contributed by atoms with van der Waals surface area (Å²) in [6.45, 7) is 0. The zero-order valence-electron chi connectivity index (χ0n) is 26.1. The van der Waals surface area contributed by atoms with Crippen molar-refractivity contribution in [2.45, 2.75) is 0 Å². The van der Waals surface area contributed by atoms with Gasteiger partial charge < -0.3 is 0 Å². The van der Waals surface area contributed by atoms with E-state index in [9.17, 15) is 0 Å². The minimum Gasteiger partial charge on any atom is -0.264 e. The maximum atomic E-state index is 5.37. The lowest BCUT2D eigenvalue weighted by atomic mass is 9.91. The van der Waals surface area contributed by atoms with Crippen molar-refractivity contribution in [3.8, 4) is 56.0 Å². The molecule has 0 aliphatic carbocycles. The molecular weight excluding hydrogens is 583 g/mol. The van der Waals surface area contributed by atoms with Crippen molar-refractivity contribution in [3.05, 3.63) is 176 Å². The maximum Gasteiger partial charge on any atom is 0.160 e. The zero-order valence-corrected chi connectivity index (χ0v) is 26.1. The van der Waals surface area contributed by atoms with Gasteiger partial charge >= 0.3 is 0 Å². The molecule has 3 nitrogen and oxygen atoms in total. The maximum absolute atomic E-state index is 5.37. The second-order valence-electron chi connectivity index (χ2n) is 12.1. The average molecular weight is 612 g/mol. The molecule has 0 spiro atoms. The Balaban J connectivity index is 1.26. The molecular formula is C45H29N3. The number of hydrogen-bond acceptors (Lipinski definition) is 3. The van der Waals surface area contributed by atoms with Crippen molar-refractivity contribution in [2.75, 3.05) is 0 Å². The van der Waals surface area contributed by atoms with Crippen molar-refractivity contribution in [1.29, 1.82) is 0 Å².